The van der Waals surface area contributed by atoms with Gasteiger partial charge >= 0.3 is 0 Å². The molecule has 0 spiro atoms. The smallest absolute Gasteiger partial charge is 0.139 e. The zero-order chi connectivity index (χ0) is 19.0. The number of Topliss-reactive ketones (excluding diaryl/α,β-unsaturated/α-hetero) is 1. The van der Waals surface area contributed by atoms with E-state index < -0.39 is 0 Å². The van der Waals surface area contributed by atoms with E-state index in [1.165, 1.54) is 5.56 Å². The number of fused-ring (bicyclic) bond motifs is 1. The lowest BCUT2D eigenvalue weighted by Crippen LogP contribution is -2.20. The Morgan fingerprint density at radius 2 is 1.89 bits per heavy atom. The number of aryl methyl sites for hydroxylation is 2. The van der Waals surface area contributed by atoms with Gasteiger partial charge in [-0.25, -0.2) is 4.68 Å². The number of hydrogen-bond acceptors (Lipinski definition) is 3. The van der Waals surface area contributed by atoms with Gasteiger partial charge in [0.25, 0.3) is 0 Å². The number of phenols is 1. The van der Waals surface area contributed by atoms with Crippen LogP contribution in [-0.4, -0.2) is 20.7 Å². The van der Waals surface area contributed by atoms with E-state index in [0.717, 1.165) is 40.9 Å². The van der Waals surface area contributed by atoms with Gasteiger partial charge in [-0.15, -0.1) is 0 Å². The van der Waals surface area contributed by atoms with Gasteiger partial charge in [0.1, 0.15) is 11.5 Å². The van der Waals surface area contributed by atoms with Crippen LogP contribution in [0, 0.1) is 0 Å². The number of carbonyl (C=O) groups excluding carboxylic acids is 1. The molecule has 1 atom stereocenters. The van der Waals surface area contributed by atoms with Gasteiger partial charge in [-0.1, -0.05) is 38.1 Å². The van der Waals surface area contributed by atoms with Crippen molar-refractivity contribution in [1.82, 2.24) is 9.78 Å². The molecule has 0 saturated carbocycles. The van der Waals surface area contributed by atoms with Crippen LogP contribution in [-0.2, 0) is 24.1 Å². The monoisotopic (exact) mass is 360 g/mol. The Balaban J connectivity index is 1.76. The van der Waals surface area contributed by atoms with Gasteiger partial charge in [0.2, 0.25) is 0 Å². The van der Waals surface area contributed by atoms with Crippen LogP contribution in [0.2, 0.25) is 0 Å². The normalized spacial score (nSPS) is 16.4. The minimum atomic E-state index is -0.0540. The highest BCUT2D eigenvalue weighted by Crippen LogP contribution is 2.37. The van der Waals surface area contributed by atoms with Crippen LogP contribution in [0.5, 0.6) is 5.75 Å². The second kappa shape index (κ2) is 7.03. The average Bonchev–Trinajstić information content (AvgIpc) is 3.11. The molecule has 138 valence electrons. The highest BCUT2D eigenvalue weighted by Gasteiger charge is 2.30. The maximum absolute atomic E-state index is 12.5. The molecule has 1 N–H and O–H groups in total. The number of nitrogens with zero attached hydrogens (tertiary/aromatic N) is 2. The first-order valence-electron chi connectivity index (χ1n) is 9.60. The van der Waals surface area contributed by atoms with Gasteiger partial charge in [-0.05, 0) is 47.7 Å². The first-order chi connectivity index (χ1) is 13.1. The van der Waals surface area contributed by atoms with Crippen LogP contribution >= 0.6 is 0 Å². The van der Waals surface area contributed by atoms with E-state index in [9.17, 15) is 9.90 Å². The van der Waals surface area contributed by atoms with Crippen LogP contribution < -0.4 is 0 Å². The molecule has 0 radical (unpaired) electrons. The zero-order valence-electron chi connectivity index (χ0n) is 15.8. The van der Waals surface area contributed by atoms with Gasteiger partial charge in [0.15, 0.2) is 0 Å². The van der Waals surface area contributed by atoms with Crippen molar-refractivity contribution in [3.63, 3.8) is 0 Å². The van der Waals surface area contributed by atoms with Gasteiger partial charge < -0.3 is 5.11 Å². The van der Waals surface area contributed by atoms with Gasteiger partial charge in [0, 0.05) is 24.3 Å². The number of aromatic hydroxyl groups is 1. The van der Waals surface area contributed by atoms with E-state index in [-0.39, 0.29) is 11.7 Å². The Kier molecular flexibility index (Phi) is 4.56. The standard InChI is InChI=1S/C23H24N2O2/c1-3-15-5-9-18(10-6-15)25-22-13-19(26)12-20(21(22)14-24-25)17-8-7-16(4-2)23(27)11-17/h5-11,14,20,27H,3-4,12-13H2,1-2H3. The highest BCUT2D eigenvalue weighted by atomic mass is 16.3. The lowest BCUT2D eigenvalue weighted by atomic mass is 9.81. The molecule has 4 rings (SSSR count). The summed E-state index contributed by atoms with van der Waals surface area (Å²) in [6.07, 6.45) is 4.52. The molecule has 0 amide bonds. The van der Waals surface area contributed by atoms with Crippen molar-refractivity contribution in [2.24, 2.45) is 0 Å². The Labute approximate surface area is 159 Å². The third-order valence-corrected chi connectivity index (χ3v) is 5.55. The summed E-state index contributed by atoms with van der Waals surface area (Å²) in [5.41, 5.74) is 6.19. The third kappa shape index (κ3) is 3.16. The molecule has 1 aliphatic carbocycles. The topological polar surface area (TPSA) is 55.1 Å². The fourth-order valence-electron chi connectivity index (χ4n) is 3.94. The Morgan fingerprint density at radius 1 is 1.11 bits per heavy atom. The quantitative estimate of drug-likeness (QED) is 0.752. The molecule has 0 aliphatic heterocycles. The fourth-order valence-corrected chi connectivity index (χ4v) is 3.94. The van der Waals surface area contributed by atoms with Crippen molar-refractivity contribution >= 4 is 5.78 Å². The van der Waals surface area contributed by atoms with Crippen molar-refractivity contribution < 1.29 is 9.90 Å². The fraction of sp³-hybridized carbons (Fsp3) is 0.304. The molecule has 2 aromatic carbocycles. The number of rotatable bonds is 4. The highest BCUT2D eigenvalue weighted by molar-refractivity contribution is 5.84. The Bertz CT molecular complexity index is 986. The molecule has 27 heavy (non-hydrogen) atoms. The van der Waals surface area contributed by atoms with E-state index in [1.54, 1.807) is 6.07 Å². The second-order valence-corrected chi connectivity index (χ2v) is 7.19. The van der Waals surface area contributed by atoms with Crippen molar-refractivity contribution in [2.75, 3.05) is 0 Å². The summed E-state index contributed by atoms with van der Waals surface area (Å²) in [7, 11) is 0. The third-order valence-electron chi connectivity index (χ3n) is 5.55. The van der Waals surface area contributed by atoms with Crippen LogP contribution in [0.4, 0.5) is 0 Å². The van der Waals surface area contributed by atoms with Gasteiger partial charge in [0.05, 0.1) is 17.6 Å². The van der Waals surface area contributed by atoms with Crippen LogP contribution in [0.3, 0.4) is 0 Å². The lowest BCUT2D eigenvalue weighted by molar-refractivity contribution is -0.119. The molecule has 1 aromatic heterocycles. The van der Waals surface area contributed by atoms with E-state index >= 15 is 0 Å². The number of hydrogen-bond donors (Lipinski definition) is 1. The first kappa shape index (κ1) is 17.5. The van der Waals surface area contributed by atoms with E-state index in [0.29, 0.717) is 18.6 Å². The van der Waals surface area contributed by atoms with Crippen LogP contribution in [0.15, 0.2) is 48.7 Å². The maximum atomic E-state index is 12.5. The minimum absolute atomic E-state index is 0.0540. The molecule has 0 fully saturated rings. The van der Waals surface area contributed by atoms with E-state index in [1.807, 2.05) is 29.9 Å². The second-order valence-electron chi connectivity index (χ2n) is 7.19. The zero-order valence-corrected chi connectivity index (χ0v) is 15.8. The number of phenolic OH excluding ortho intramolecular Hbond substituents is 1. The summed E-state index contributed by atoms with van der Waals surface area (Å²) in [5.74, 6) is 0.456. The molecule has 1 unspecified atom stereocenters. The predicted molar refractivity (Wildman–Crippen MR) is 106 cm³/mol. The molecule has 3 aromatic rings. The Hall–Kier alpha value is -2.88. The molecular weight excluding hydrogens is 336 g/mol. The molecular formula is C23H24N2O2. The molecule has 1 aliphatic rings. The van der Waals surface area contributed by atoms with Crippen molar-refractivity contribution in [3.8, 4) is 11.4 Å². The number of benzene rings is 2. The summed E-state index contributed by atoms with van der Waals surface area (Å²) in [5, 5.41) is 14.9. The summed E-state index contributed by atoms with van der Waals surface area (Å²) < 4.78 is 1.89. The summed E-state index contributed by atoms with van der Waals surface area (Å²) >= 11 is 0. The first-order valence-corrected chi connectivity index (χ1v) is 9.60. The maximum Gasteiger partial charge on any atom is 0.139 e. The van der Waals surface area contributed by atoms with Crippen molar-refractivity contribution in [1.29, 1.82) is 0 Å². The molecule has 4 nitrogen and oxygen atoms in total. The summed E-state index contributed by atoms with van der Waals surface area (Å²) in [6.45, 7) is 4.15. The SMILES string of the molecule is CCc1ccc(-n2ncc3c2CC(=O)CC3c2ccc(CC)c(O)c2)cc1. The van der Waals surface area contributed by atoms with Crippen LogP contribution in [0.1, 0.15) is 54.1 Å². The number of aromatic nitrogens is 2. The van der Waals surface area contributed by atoms with Crippen molar-refractivity contribution in [2.45, 2.75) is 45.4 Å². The van der Waals surface area contributed by atoms with E-state index in [4.69, 9.17) is 0 Å². The predicted octanol–water partition coefficient (Wildman–Crippen LogP) is 4.35. The summed E-state index contributed by atoms with van der Waals surface area (Å²) in [6, 6.07) is 14.1. The van der Waals surface area contributed by atoms with Gasteiger partial charge in [-0.3, -0.25) is 4.79 Å². The minimum Gasteiger partial charge on any atom is -0.508 e. The summed E-state index contributed by atoms with van der Waals surface area (Å²) in [4.78, 5) is 12.5. The lowest BCUT2D eigenvalue weighted by Gasteiger charge is -2.23. The van der Waals surface area contributed by atoms with Crippen molar-refractivity contribution in [3.05, 3.63) is 76.6 Å². The molecule has 0 bridgehead atoms. The average molecular weight is 360 g/mol. The Morgan fingerprint density at radius 3 is 2.56 bits per heavy atom. The molecule has 4 heteroatoms. The van der Waals surface area contributed by atoms with Crippen LogP contribution in [0.25, 0.3) is 5.69 Å². The van der Waals surface area contributed by atoms with E-state index in [2.05, 4.69) is 36.3 Å². The van der Waals surface area contributed by atoms with Gasteiger partial charge in [-0.2, -0.15) is 5.10 Å². The molecule has 0 saturated heterocycles. The number of carbonyl (C=O) groups is 1. The number of ketones is 1. The molecule has 1 heterocycles. The largest absolute Gasteiger partial charge is 0.508 e.